The van der Waals surface area contributed by atoms with Gasteiger partial charge >= 0.3 is 0 Å². The number of carbonyl (C=O) groups excluding carboxylic acids is 2. The van der Waals surface area contributed by atoms with Crippen LogP contribution in [-0.4, -0.2) is 36.9 Å². The summed E-state index contributed by atoms with van der Waals surface area (Å²) in [4.78, 5) is 25.3. The highest BCUT2D eigenvalue weighted by Gasteiger charge is 2.13. The first-order valence-corrected chi connectivity index (χ1v) is 7.93. The van der Waals surface area contributed by atoms with Crippen molar-refractivity contribution in [3.63, 3.8) is 0 Å². The van der Waals surface area contributed by atoms with E-state index in [9.17, 15) is 14.0 Å². The van der Waals surface area contributed by atoms with E-state index in [1.54, 1.807) is 7.05 Å². The van der Waals surface area contributed by atoms with Gasteiger partial charge in [0.05, 0.1) is 19.6 Å². The van der Waals surface area contributed by atoms with E-state index in [1.807, 2.05) is 31.2 Å². The molecule has 0 atom stereocenters. The summed E-state index contributed by atoms with van der Waals surface area (Å²) in [6, 6.07) is 13.0. The molecular weight excluding hydrogens is 323 g/mol. The van der Waals surface area contributed by atoms with Gasteiger partial charge in [-0.15, -0.1) is 0 Å². The lowest BCUT2D eigenvalue weighted by atomic mass is 10.2. The van der Waals surface area contributed by atoms with E-state index in [1.165, 1.54) is 29.2 Å². The number of rotatable bonds is 7. The average Bonchev–Trinajstić information content (AvgIpc) is 2.58. The molecule has 2 aromatic rings. The summed E-state index contributed by atoms with van der Waals surface area (Å²) in [5, 5.41) is 2.61. The molecule has 0 spiro atoms. The van der Waals surface area contributed by atoms with Crippen LogP contribution in [0.1, 0.15) is 12.0 Å². The molecule has 2 rings (SSSR count). The zero-order valence-electron chi connectivity index (χ0n) is 14.3. The SMILES string of the molecule is Cc1ccc(OCCC(=O)N(C)CC(=O)Nc2ccc(F)cc2)cc1. The molecule has 0 saturated carbocycles. The van der Waals surface area contributed by atoms with Crippen LogP contribution < -0.4 is 10.1 Å². The zero-order valence-corrected chi connectivity index (χ0v) is 14.3. The summed E-state index contributed by atoms with van der Waals surface area (Å²) >= 11 is 0. The number of amides is 2. The molecule has 0 radical (unpaired) electrons. The number of halogens is 1. The van der Waals surface area contributed by atoms with Crippen LogP contribution in [0.15, 0.2) is 48.5 Å². The molecule has 0 aromatic heterocycles. The Hall–Kier alpha value is -2.89. The highest BCUT2D eigenvalue weighted by molar-refractivity contribution is 5.94. The number of hydrogen-bond acceptors (Lipinski definition) is 3. The summed E-state index contributed by atoms with van der Waals surface area (Å²) < 4.78 is 18.3. The lowest BCUT2D eigenvalue weighted by Gasteiger charge is -2.17. The van der Waals surface area contributed by atoms with E-state index >= 15 is 0 Å². The van der Waals surface area contributed by atoms with Gasteiger partial charge in [-0.05, 0) is 43.3 Å². The van der Waals surface area contributed by atoms with Crippen molar-refractivity contribution in [1.29, 1.82) is 0 Å². The maximum absolute atomic E-state index is 12.8. The smallest absolute Gasteiger partial charge is 0.243 e. The van der Waals surface area contributed by atoms with E-state index in [0.29, 0.717) is 11.4 Å². The average molecular weight is 344 g/mol. The Morgan fingerprint density at radius 1 is 1.08 bits per heavy atom. The first kappa shape index (κ1) is 18.4. The number of nitrogens with zero attached hydrogens (tertiary/aromatic N) is 1. The second-order valence-electron chi connectivity index (χ2n) is 5.72. The van der Waals surface area contributed by atoms with Gasteiger partial charge in [-0.1, -0.05) is 17.7 Å². The fourth-order valence-corrected chi connectivity index (χ4v) is 2.12. The number of ether oxygens (including phenoxy) is 1. The molecule has 0 aliphatic rings. The number of anilines is 1. The molecule has 1 N–H and O–H groups in total. The molecule has 0 bridgehead atoms. The highest BCUT2D eigenvalue weighted by Crippen LogP contribution is 2.12. The van der Waals surface area contributed by atoms with Crippen LogP contribution >= 0.6 is 0 Å². The van der Waals surface area contributed by atoms with E-state index in [0.717, 1.165) is 5.56 Å². The molecule has 5 nitrogen and oxygen atoms in total. The second kappa shape index (κ2) is 8.82. The number of aryl methyl sites for hydroxylation is 1. The Labute approximate surface area is 146 Å². The Morgan fingerprint density at radius 3 is 2.36 bits per heavy atom. The van der Waals surface area contributed by atoms with Gasteiger partial charge in [-0.25, -0.2) is 4.39 Å². The number of carbonyl (C=O) groups is 2. The Bertz CT molecular complexity index is 714. The topological polar surface area (TPSA) is 58.6 Å². The Morgan fingerprint density at radius 2 is 1.72 bits per heavy atom. The summed E-state index contributed by atoms with van der Waals surface area (Å²) in [5.74, 6) is -0.211. The fourth-order valence-electron chi connectivity index (χ4n) is 2.12. The molecule has 6 heteroatoms. The van der Waals surface area contributed by atoms with Crippen molar-refractivity contribution in [3.05, 3.63) is 59.9 Å². The van der Waals surface area contributed by atoms with Crippen molar-refractivity contribution in [3.8, 4) is 5.75 Å². The maximum Gasteiger partial charge on any atom is 0.243 e. The second-order valence-corrected chi connectivity index (χ2v) is 5.72. The predicted octanol–water partition coefficient (Wildman–Crippen LogP) is 3.00. The van der Waals surface area contributed by atoms with Crippen LogP contribution in [0, 0.1) is 12.7 Å². The van der Waals surface area contributed by atoms with Crippen LogP contribution in [0.25, 0.3) is 0 Å². The third-order valence-corrected chi connectivity index (χ3v) is 3.54. The van der Waals surface area contributed by atoms with Crippen molar-refractivity contribution >= 4 is 17.5 Å². The molecular formula is C19H21FN2O3. The molecule has 0 aliphatic carbocycles. The van der Waals surface area contributed by atoms with Crippen molar-refractivity contribution < 1.29 is 18.7 Å². The molecule has 0 heterocycles. The van der Waals surface area contributed by atoms with Crippen LogP contribution in [-0.2, 0) is 9.59 Å². The van der Waals surface area contributed by atoms with Crippen molar-refractivity contribution in [2.45, 2.75) is 13.3 Å². The van der Waals surface area contributed by atoms with Gasteiger partial charge in [0, 0.05) is 12.7 Å². The highest BCUT2D eigenvalue weighted by atomic mass is 19.1. The minimum atomic E-state index is -0.376. The van der Waals surface area contributed by atoms with Gasteiger partial charge in [0.2, 0.25) is 11.8 Å². The third-order valence-electron chi connectivity index (χ3n) is 3.54. The Balaban J connectivity index is 1.72. The van der Waals surface area contributed by atoms with Crippen molar-refractivity contribution in [2.75, 3.05) is 25.5 Å². The molecule has 132 valence electrons. The predicted molar refractivity (Wildman–Crippen MR) is 94.0 cm³/mol. The van der Waals surface area contributed by atoms with Gasteiger partial charge in [0.1, 0.15) is 11.6 Å². The molecule has 0 fully saturated rings. The number of likely N-dealkylation sites (N-methyl/N-ethyl adjacent to an activating group) is 1. The van der Waals surface area contributed by atoms with Crippen molar-refractivity contribution in [1.82, 2.24) is 4.90 Å². The normalized spacial score (nSPS) is 10.2. The minimum absolute atomic E-state index is 0.0826. The largest absolute Gasteiger partial charge is 0.493 e. The van der Waals surface area contributed by atoms with Crippen LogP contribution in [0.5, 0.6) is 5.75 Å². The molecule has 2 aromatic carbocycles. The van der Waals surface area contributed by atoms with Gasteiger partial charge < -0.3 is 15.0 Å². The first-order valence-electron chi connectivity index (χ1n) is 7.93. The number of nitrogens with one attached hydrogen (secondary N) is 1. The summed E-state index contributed by atoms with van der Waals surface area (Å²) in [6.07, 6.45) is 0.175. The van der Waals surface area contributed by atoms with E-state index in [-0.39, 0.29) is 37.2 Å². The van der Waals surface area contributed by atoms with Gasteiger partial charge in [0.25, 0.3) is 0 Å². The number of hydrogen-bond donors (Lipinski definition) is 1. The Kier molecular flexibility index (Phi) is 6.51. The summed E-state index contributed by atoms with van der Waals surface area (Å²) in [6.45, 7) is 2.14. The standard InChI is InChI=1S/C19H21FN2O3/c1-14-3-9-17(10-4-14)25-12-11-19(24)22(2)13-18(23)21-16-7-5-15(20)6-8-16/h3-10H,11-13H2,1-2H3,(H,21,23). The van der Waals surface area contributed by atoms with Crippen molar-refractivity contribution in [2.24, 2.45) is 0 Å². The van der Waals surface area contributed by atoms with E-state index in [4.69, 9.17) is 4.74 Å². The van der Waals surface area contributed by atoms with E-state index in [2.05, 4.69) is 5.32 Å². The lowest BCUT2D eigenvalue weighted by molar-refractivity contribution is -0.133. The van der Waals surface area contributed by atoms with E-state index < -0.39 is 0 Å². The zero-order chi connectivity index (χ0) is 18.2. The maximum atomic E-state index is 12.8. The van der Waals surface area contributed by atoms with Gasteiger partial charge in [-0.2, -0.15) is 0 Å². The van der Waals surface area contributed by atoms with Crippen LogP contribution in [0.2, 0.25) is 0 Å². The minimum Gasteiger partial charge on any atom is -0.493 e. The van der Waals surface area contributed by atoms with Gasteiger partial charge in [-0.3, -0.25) is 9.59 Å². The van der Waals surface area contributed by atoms with Gasteiger partial charge in [0.15, 0.2) is 0 Å². The lowest BCUT2D eigenvalue weighted by Crippen LogP contribution is -2.35. The molecule has 25 heavy (non-hydrogen) atoms. The summed E-state index contributed by atoms with van der Waals surface area (Å²) in [7, 11) is 1.55. The van der Waals surface area contributed by atoms with Crippen LogP contribution in [0.4, 0.5) is 10.1 Å². The molecule has 0 saturated heterocycles. The number of benzene rings is 2. The monoisotopic (exact) mass is 344 g/mol. The molecule has 2 amide bonds. The first-order chi connectivity index (χ1) is 11.9. The quantitative estimate of drug-likeness (QED) is 0.840. The summed E-state index contributed by atoms with van der Waals surface area (Å²) in [5.41, 5.74) is 1.62. The molecule has 0 unspecified atom stereocenters. The van der Waals surface area contributed by atoms with Crippen LogP contribution in [0.3, 0.4) is 0 Å². The third kappa shape index (κ3) is 6.25. The fraction of sp³-hybridized carbons (Fsp3) is 0.263. The molecule has 0 aliphatic heterocycles.